The van der Waals surface area contributed by atoms with Crippen molar-refractivity contribution in [3.63, 3.8) is 0 Å². The maximum atomic E-state index is 10.8. The molecule has 0 bridgehead atoms. The Balaban J connectivity index is 1.68. The van der Waals surface area contributed by atoms with Crippen LogP contribution in [0.25, 0.3) is 0 Å². The molecule has 7 nitrogen and oxygen atoms in total. The molecule has 4 rings (SSSR count). The summed E-state index contributed by atoms with van der Waals surface area (Å²) < 4.78 is 12.0. The van der Waals surface area contributed by atoms with Crippen molar-refractivity contribution in [2.24, 2.45) is 5.92 Å². The van der Waals surface area contributed by atoms with Crippen LogP contribution in [-0.2, 0) is 22.5 Å². The van der Waals surface area contributed by atoms with Crippen LogP contribution in [0.4, 0.5) is 5.82 Å². The van der Waals surface area contributed by atoms with Crippen LogP contribution in [0, 0.1) is 17.2 Å². The van der Waals surface area contributed by atoms with E-state index in [-0.39, 0.29) is 11.6 Å². The van der Waals surface area contributed by atoms with Gasteiger partial charge in [0.1, 0.15) is 11.9 Å². The highest BCUT2D eigenvalue weighted by molar-refractivity contribution is 5.62. The molecular formula is C26H40N4O3. The van der Waals surface area contributed by atoms with Crippen LogP contribution in [0.2, 0.25) is 0 Å². The highest BCUT2D eigenvalue weighted by atomic mass is 16.6. The second-order valence-corrected chi connectivity index (χ2v) is 11.8. The molecule has 3 heterocycles. The van der Waals surface area contributed by atoms with E-state index < -0.39 is 12.0 Å². The topological polar surface area (TPSA) is 81.9 Å². The lowest BCUT2D eigenvalue weighted by Crippen LogP contribution is -2.60. The average Bonchev–Trinajstić information content (AvgIpc) is 3.55. The fourth-order valence-corrected chi connectivity index (χ4v) is 5.09. The molecule has 33 heavy (non-hydrogen) atoms. The zero-order valence-electron chi connectivity index (χ0n) is 21.3. The Morgan fingerprint density at radius 3 is 2.48 bits per heavy atom. The Morgan fingerprint density at radius 2 is 1.91 bits per heavy atom. The molecule has 2 atom stereocenters. The van der Waals surface area contributed by atoms with Crippen LogP contribution in [0.15, 0.2) is 0 Å². The van der Waals surface area contributed by atoms with Crippen molar-refractivity contribution in [3.8, 4) is 6.07 Å². The monoisotopic (exact) mass is 456 g/mol. The van der Waals surface area contributed by atoms with Gasteiger partial charge in [-0.1, -0.05) is 13.8 Å². The van der Waals surface area contributed by atoms with Crippen LogP contribution >= 0.6 is 0 Å². The van der Waals surface area contributed by atoms with E-state index in [1.807, 2.05) is 20.8 Å². The van der Waals surface area contributed by atoms with Gasteiger partial charge in [0.2, 0.25) is 6.41 Å². The van der Waals surface area contributed by atoms with Gasteiger partial charge in [-0.3, -0.25) is 0 Å². The number of hydrogen-bond acceptors (Lipinski definition) is 7. The zero-order valence-corrected chi connectivity index (χ0v) is 21.3. The summed E-state index contributed by atoms with van der Waals surface area (Å²) >= 11 is 0. The predicted molar refractivity (Wildman–Crippen MR) is 128 cm³/mol. The van der Waals surface area contributed by atoms with E-state index in [0.29, 0.717) is 43.6 Å². The lowest BCUT2D eigenvalue weighted by Gasteiger charge is -2.46. The number of nitriles is 1. The average molecular weight is 457 g/mol. The Morgan fingerprint density at radius 1 is 1.21 bits per heavy atom. The molecule has 0 amide bonds. The molecule has 0 radical (unpaired) electrons. The van der Waals surface area contributed by atoms with E-state index >= 15 is 0 Å². The summed E-state index contributed by atoms with van der Waals surface area (Å²) in [7, 11) is 0. The quantitative estimate of drug-likeness (QED) is 0.673. The molecule has 1 aliphatic carbocycles. The van der Waals surface area contributed by atoms with Crippen LogP contribution < -0.4 is 4.90 Å². The number of anilines is 1. The van der Waals surface area contributed by atoms with Crippen LogP contribution in [0.3, 0.4) is 0 Å². The molecule has 7 heteroatoms. The number of aliphatic hydroxyl groups excluding tert-OH is 1. The van der Waals surface area contributed by atoms with E-state index in [2.05, 4.69) is 43.6 Å². The molecule has 3 aliphatic rings. The largest absolute Gasteiger partial charge is 0.370 e. The lowest BCUT2D eigenvalue weighted by molar-refractivity contribution is -0.252. The molecule has 1 aromatic heterocycles. The predicted octanol–water partition coefficient (Wildman–Crippen LogP) is 3.92. The Bertz CT molecular complexity index is 927. The molecule has 1 saturated heterocycles. The van der Waals surface area contributed by atoms with E-state index in [1.54, 1.807) is 0 Å². The third-order valence-electron chi connectivity index (χ3n) is 6.98. The van der Waals surface area contributed by atoms with Crippen LogP contribution in [0.1, 0.15) is 89.6 Å². The Kier molecular flexibility index (Phi) is 6.52. The normalized spacial score (nSPS) is 24.5. The number of fused-ring (bicyclic) bond motifs is 1. The number of nitrogens with zero attached hydrogens (tertiary/aromatic N) is 4. The number of aliphatic hydroxyl groups is 1. The number of aromatic nitrogens is 1. The smallest absolute Gasteiger partial charge is 0.216 e. The van der Waals surface area contributed by atoms with Gasteiger partial charge in [-0.25, -0.2) is 9.88 Å². The third kappa shape index (κ3) is 5.19. The number of rotatable bonds is 5. The second kappa shape index (κ2) is 8.81. The summed E-state index contributed by atoms with van der Waals surface area (Å²) in [6.07, 6.45) is 2.10. The van der Waals surface area contributed by atoms with Crippen molar-refractivity contribution >= 4 is 5.82 Å². The molecule has 0 aromatic carbocycles. The lowest BCUT2D eigenvalue weighted by atomic mass is 9.87. The van der Waals surface area contributed by atoms with Gasteiger partial charge in [0.05, 0.1) is 29.1 Å². The SMILES string of the molecule is CC(C)C1CN(c2nc(C3CC3)c3c(c2C#N)CC(C)(C)OC3)CCN1C(O)OC(C)(C)C. The van der Waals surface area contributed by atoms with E-state index in [4.69, 9.17) is 14.5 Å². The van der Waals surface area contributed by atoms with Crippen molar-refractivity contribution in [3.05, 3.63) is 22.4 Å². The minimum absolute atomic E-state index is 0.0876. The highest BCUT2D eigenvalue weighted by Crippen LogP contribution is 2.46. The molecular weight excluding hydrogens is 416 g/mol. The highest BCUT2D eigenvalue weighted by Gasteiger charge is 2.40. The summed E-state index contributed by atoms with van der Waals surface area (Å²) in [6.45, 7) is 17.0. The van der Waals surface area contributed by atoms with Crippen molar-refractivity contribution in [1.29, 1.82) is 5.26 Å². The van der Waals surface area contributed by atoms with Crippen molar-refractivity contribution in [2.45, 2.75) is 104 Å². The van der Waals surface area contributed by atoms with Gasteiger partial charge in [0.15, 0.2) is 0 Å². The fraction of sp³-hybridized carbons (Fsp3) is 0.769. The molecule has 182 valence electrons. The van der Waals surface area contributed by atoms with Gasteiger partial charge in [-0.2, -0.15) is 5.26 Å². The van der Waals surface area contributed by atoms with Crippen LogP contribution in [0.5, 0.6) is 0 Å². The Labute approximate surface area is 198 Å². The first kappa shape index (κ1) is 24.4. The summed E-state index contributed by atoms with van der Waals surface area (Å²) in [4.78, 5) is 9.44. The van der Waals surface area contributed by atoms with Gasteiger partial charge in [0, 0.05) is 43.6 Å². The van der Waals surface area contributed by atoms with E-state index in [0.717, 1.165) is 41.9 Å². The minimum Gasteiger partial charge on any atom is -0.370 e. The molecule has 0 spiro atoms. The maximum absolute atomic E-state index is 10.8. The van der Waals surface area contributed by atoms with Gasteiger partial charge in [-0.15, -0.1) is 0 Å². The Hall–Kier alpha value is -1.72. The van der Waals surface area contributed by atoms with E-state index in [9.17, 15) is 10.4 Å². The van der Waals surface area contributed by atoms with Crippen LogP contribution in [-0.4, -0.2) is 58.3 Å². The first-order valence-electron chi connectivity index (χ1n) is 12.4. The molecule has 2 aliphatic heterocycles. The van der Waals surface area contributed by atoms with Crippen molar-refractivity contribution in [2.75, 3.05) is 24.5 Å². The molecule has 1 N–H and O–H groups in total. The van der Waals surface area contributed by atoms with Gasteiger partial charge >= 0.3 is 0 Å². The van der Waals surface area contributed by atoms with Gasteiger partial charge in [-0.05, 0) is 58.9 Å². The van der Waals surface area contributed by atoms with Crippen molar-refractivity contribution in [1.82, 2.24) is 9.88 Å². The summed E-state index contributed by atoms with van der Waals surface area (Å²) in [5, 5.41) is 21.1. The number of piperazine rings is 1. The standard InChI is InChI=1S/C26H40N4O3/c1-16(2)21-14-29(10-11-30(21)24(31)33-25(3,4)5)23-19(13-27)18-12-26(6,7)32-15-20(18)22(28-23)17-8-9-17/h16-17,21,24,31H,8-12,14-15H2,1-7H3. The number of hydrogen-bond donors (Lipinski definition) is 1. The molecule has 1 saturated carbocycles. The number of pyridine rings is 1. The third-order valence-corrected chi connectivity index (χ3v) is 6.98. The number of ether oxygens (including phenoxy) is 2. The first-order chi connectivity index (χ1) is 15.4. The van der Waals surface area contributed by atoms with E-state index in [1.165, 1.54) is 0 Å². The van der Waals surface area contributed by atoms with Crippen molar-refractivity contribution < 1.29 is 14.6 Å². The maximum Gasteiger partial charge on any atom is 0.216 e. The second-order valence-electron chi connectivity index (χ2n) is 11.8. The molecule has 1 aromatic rings. The summed E-state index contributed by atoms with van der Waals surface area (Å²) in [6, 6.07) is 2.59. The zero-order chi connectivity index (χ0) is 24.1. The summed E-state index contributed by atoms with van der Waals surface area (Å²) in [5.74, 6) is 1.61. The molecule has 2 unspecified atom stereocenters. The molecule has 2 fully saturated rings. The van der Waals surface area contributed by atoms with Gasteiger partial charge < -0.3 is 19.5 Å². The first-order valence-corrected chi connectivity index (χ1v) is 12.4. The minimum atomic E-state index is -0.952. The van der Waals surface area contributed by atoms with Gasteiger partial charge in [0.25, 0.3) is 0 Å². The summed E-state index contributed by atoms with van der Waals surface area (Å²) in [5.41, 5.74) is 3.39. The fourth-order valence-electron chi connectivity index (χ4n) is 5.09.